The van der Waals surface area contributed by atoms with E-state index >= 15 is 0 Å². The van der Waals surface area contributed by atoms with Gasteiger partial charge in [-0.2, -0.15) is 0 Å². The number of benzene rings is 1. The van der Waals surface area contributed by atoms with Gasteiger partial charge in [0, 0.05) is 18.5 Å². The zero-order valence-electron chi connectivity index (χ0n) is 17.4. The first kappa shape index (κ1) is 22.3. The molecular formula is C22H28N2O5. The molecule has 7 heteroatoms. The van der Waals surface area contributed by atoms with Crippen LogP contribution in [0.15, 0.2) is 41.6 Å². The minimum Gasteiger partial charge on any atom is -0.463 e. The zero-order valence-corrected chi connectivity index (χ0v) is 17.4. The van der Waals surface area contributed by atoms with Gasteiger partial charge in [-0.1, -0.05) is 44.2 Å². The van der Waals surface area contributed by atoms with E-state index in [1.165, 1.54) is 0 Å². The maximum absolute atomic E-state index is 13.3. The van der Waals surface area contributed by atoms with Gasteiger partial charge >= 0.3 is 12.0 Å². The summed E-state index contributed by atoms with van der Waals surface area (Å²) >= 11 is 0. The Morgan fingerprint density at radius 2 is 1.55 bits per heavy atom. The van der Waals surface area contributed by atoms with Crippen LogP contribution in [-0.2, 0) is 19.1 Å². The van der Waals surface area contributed by atoms with Gasteiger partial charge in [-0.05, 0) is 32.3 Å². The lowest BCUT2D eigenvalue weighted by Gasteiger charge is -2.40. The molecule has 0 radical (unpaired) electrons. The van der Waals surface area contributed by atoms with Gasteiger partial charge in [-0.25, -0.2) is 14.5 Å². The minimum absolute atomic E-state index is 0.125. The number of ether oxygens (including phenoxy) is 1. The summed E-state index contributed by atoms with van der Waals surface area (Å²) in [6.45, 7) is 7.02. The van der Waals surface area contributed by atoms with E-state index in [1.807, 2.05) is 19.9 Å². The molecule has 1 unspecified atom stereocenters. The summed E-state index contributed by atoms with van der Waals surface area (Å²) in [5.41, 5.74) is 0.947. The highest BCUT2D eigenvalue weighted by Gasteiger charge is 2.46. The number of urea groups is 1. The van der Waals surface area contributed by atoms with Gasteiger partial charge in [-0.3, -0.25) is 14.5 Å². The van der Waals surface area contributed by atoms with Gasteiger partial charge in [0.05, 0.1) is 12.2 Å². The summed E-state index contributed by atoms with van der Waals surface area (Å²) in [5, 5.41) is 0. The molecule has 1 aliphatic rings. The number of hydrogen-bond acceptors (Lipinski definition) is 5. The third-order valence-corrected chi connectivity index (χ3v) is 4.71. The van der Waals surface area contributed by atoms with E-state index in [0.717, 1.165) is 9.80 Å². The van der Waals surface area contributed by atoms with Crippen molar-refractivity contribution in [2.45, 2.75) is 59.4 Å². The molecule has 0 fully saturated rings. The van der Waals surface area contributed by atoms with Gasteiger partial charge in [0.25, 0.3) is 0 Å². The van der Waals surface area contributed by atoms with Crippen LogP contribution in [-0.4, -0.2) is 40.2 Å². The molecule has 4 amide bonds. The molecule has 1 heterocycles. The Labute approximate surface area is 171 Å². The van der Waals surface area contributed by atoms with E-state index in [2.05, 4.69) is 0 Å². The molecule has 1 aromatic rings. The summed E-state index contributed by atoms with van der Waals surface area (Å²) in [4.78, 5) is 53.8. The molecule has 29 heavy (non-hydrogen) atoms. The molecule has 1 aliphatic heterocycles. The first-order chi connectivity index (χ1) is 13.9. The molecule has 0 spiro atoms. The van der Waals surface area contributed by atoms with Crippen molar-refractivity contribution in [3.05, 3.63) is 47.2 Å². The largest absolute Gasteiger partial charge is 0.463 e. The predicted molar refractivity (Wildman–Crippen MR) is 107 cm³/mol. The number of carbonyl (C=O) groups is 4. The Morgan fingerprint density at radius 1 is 0.966 bits per heavy atom. The second kappa shape index (κ2) is 10.0. The van der Waals surface area contributed by atoms with Crippen LogP contribution in [0.25, 0.3) is 0 Å². The van der Waals surface area contributed by atoms with Crippen LogP contribution < -0.4 is 0 Å². The quantitative estimate of drug-likeness (QED) is 0.647. The Kier molecular flexibility index (Phi) is 7.70. The standard InChI is InChI=1S/C22H28N2O5/c1-5-11-17(25)23-15(4)19(21(27)29-7-3)20(16-13-9-8-10-14-16)24(22(23)28)18(26)12-6-2/h8-10,13-14,20H,5-7,11-12H2,1-4H3. The first-order valence-electron chi connectivity index (χ1n) is 10.0. The number of nitrogens with zero attached hydrogens (tertiary/aromatic N) is 2. The van der Waals surface area contributed by atoms with E-state index in [-0.39, 0.29) is 30.7 Å². The van der Waals surface area contributed by atoms with E-state index in [1.54, 1.807) is 38.1 Å². The molecule has 0 aromatic heterocycles. The van der Waals surface area contributed by atoms with E-state index in [9.17, 15) is 19.2 Å². The summed E-state index contributed by atoms with van der Waals surface area (Å²) < 4.78 is 5.23. The van der Waals surface area contributed by atoms with Gasteiger partial charge in [0.2, 0.25) is 11.8 Å². The third kappa shape index (κ3) is 4.55. The van der Waals surface area contributed by atoms with Crippen molar-refractivity contribution >= 4 is 23.8 Å². The highest BCUT2D eigenvalue weighted by Crippen LogP contribution is 2.38. The van der Waals surface area contributed by atoms with Crippen LogP contribution in [0.1, 0.15) is 65.0 Å². The van der Waals surface area contributed by atoms with Gasteiger partial charge in [-0.15, -0.1) is 0 Å². The maximum Gasteiger partial charge on any atom is 0.338 e. The number of carbonyl (C=O) groups excluding carboxylic acids is 4. The van der Waals surface area contributed by atoms with Crippen LogP contribution in [0, 0.1) is 0 Å². The smallest absolute Gasteiger partial charge is 0.338 e. The van der Waals surface area contributed by atoms with E-state index in [4.69, 9.17) is 4.74 Å². The predicted octanol–water partition coefficient (Wildman–Crippen LogP) is 3.96. The van der Waals surface area contributed by atoms with Crippen molar-refractivity contribution in [1.82, 2.24) is 9.80 Å². The molecule has 0 saturated heterocycles. The number of allylic oxidation sites excluding steroid dienone is 1. The minimum atomic E-state index is -0.938. The van der Waals surface area contributed by atoms with Crippen molar-refractivity contribution < 1.29 is 23.9 Å². The van der Waals surface area contributed by atoms with Crippen molar-refractivity contribution in [1.29, 1.82) is 0 Å². The second-order valence-corrected chi connectivity index (χ2v) is 6.81. The average Bonchev–Trinajstić information content (AvgIpc) is 2.68. The molecule has 7 nitrogen and oxygen atoms in total. The van der Waals surface area contributed by atoms with Crippen molar-refractivity contribution in [3.63, 3.8) is 0 Å². The SMILES string of the molecule is CCCC(=O)N1C(=O)N(C(=O)CCC)C(c2ccccc2)C(C(=O)OCC)=C1C. The topological polar surface area (TPSA) is 84.0 Å². The second-order valence-electron chi connectivity index (χ2n) is 6.81. The summed E-state index contributed by atoms with van der Waals surface area (Å²) in [6, 6.07) is 7.20. The maximum atomic E-state index is 13.3. The molecule has 0 bridgehead atoms. The monoisotopic (exact) mass is 400 g/mol. The number of imide groups is 2. The van der Waals surface area contributed by atoms with Crippen LogP contribution >= 0.6 is 0 Å². The number of rotatable bonds is 7. The lowest BCUT2D eigenvalue weighted by atomic mass is 9.92. The summed E-state index contributed by atoms with van der Waals surface area (Å²) in [7, 11) is 0. The highest BCUT2D eigenvalue weighted by molar-refractivity contribution is 6.08. The molecule has 156 valence electrons. The number of hydrogen-bond donors (Lipinski definition) is 0. The fourth-order valence-electron chi connectivity index (χ4n) is 3.43. The molecule has 0 aliphatic carbocycles. The Balaban J connectivity index is 2.74. The number of esters is 1. The molecule has 0 saturated carbocycles. The lowest BCUT2D eigenvalue weighted by molar-refractivity contribution is -0.140. The number of amides is 4. The Morgan fingerprint density at radius 3 is 2.10 bits per heavy atom. The summed E-state index contributed by atoms with van der Waals surface area (Å²) in [6.07, 6.45) is 1.32. The molecule has 1 atom stereocenters. The lowest BCUT2D eigenvalue weighted by Crippen LogP contribution is -2.54. The van der Waals surface area contributed by atoms with Crippen LogP contribution in [0.5, 0.6) is 0 Å². The fraction of sp³-hybridized carbons (Fsp3) is 0.455. The van der Waals surface area contributed by atoms with Gasteiger partial charge in [0.15, 0.2) is 0 Å². The van der Waals surface area contributed by atoms with Gasteiger partial charge in [0.1, 0.15) is 6.04 Å². The fourth-order valence-corrected chi connectivity index (χ4v) is 3.43. The highest BCUT2D eigenvalue weighted by atomic mass is 16.5. The van der Waals surface area contributed by atoms with Crippen LogP contribution in [0.2, 0.25) is 0 Å². The summed E-state index contributed by atoms with van der Waals surface area (Å²) in [5.74, 6) is -1.53. The van der Waals surface area contributed by atoms with E-state index in [0.29, 0.717) is 18.4 Å². The van der Waals surface area contributed by atoms with Crippen LogP contribution in [0.4, 0.5) is 4.79 Å². The Hall–Kier alpha value is -2.96. The van der Waals surface area contributed by atoms with Crippen molar-refractivity contribution in [3.8, 4) is 0 Å². The van der Waals surface area contributed by atoms with Crippen molar-refractivity contribution in [2.75, 3.05) is 6.61 Å². The molecule has 1 aromatic carbocycles. The molecule has 2 rings (SSSR count). The normalized spacial score (nSPS) is 16.8. The van der Waals surface area contributed by atoms with Crippen LogP contribution in [0.3, 0.4) is 0 Å². The van der Waals surface area contributed by atoms with E-state index < -0.39 is 29.9 Å². The van der Waals surface area contributed by atoms with Crippen molar-refractivity contribution in [2.24, 2.45) is 0 Å². The van der Waals surface area contributed by atoms with Gasteiger partial charge < -0.3 is 4.74 Å². The molecular weight excluding hydrogens is 372 g/mol. The average molecular weight is 400 g/mol. The zero-order chi connectivity index (χ0) is 21.6. The first-order valence-corrected chi connectivity index (χ1v) is 10.0. The third-order valence-electron chi connectivity index (χ3n) is 4.71. The Bertz CT molecular complexity index is 816. The molecule has 0 N–H and O–H groups in total.